The van der Waals surface area contributed by atoms with E-state index in [0.717, 1.165) is 25.9 Å². The van der Waals surface area contributed by atoms with Gasteiger partial charge in [0.15, 0.2) is 0 Å². The molecule has 1 aliphatic rings. The highest BCUT2D eigenvalue weighted by molar-refractivity contribution is 9.09. The standard InChI is InChI=1S/C12H12BrClFNO/c13-9-3-5-16(6-4-9)12(17)8-1-2-11(15)10(14)7-8/h1-2,7,9H,3-6H2. The summed E-state index contributed by atoms with van der Waals surface area (Å²) in [4.78, 5) is 14.4. The van der Waals surface area contributed by atoms with E-state index in [1.165, 1.54) is 18.2 Å². The third kappa shape index (κ3) is 2.99. The largest absolute Gasteiger partial charge is 0.339 e. The van der Waals surface area contributed by atoms with Gasteiger partial charge in [-0.1, -0.05) is 27.5 Å². The van der Waals surface area contributed by atoms with Gasteiger partial charge in [0.05, 0.1) is 5.02 Å². The number of amides is 1. The predicted octanol–water partition coefficient (Wildman–Crippen LogP) is 3.48. The number of piperidine rings is 1. The van der Waals surface area contributed by atoms with Gasteiger partial charge in [0.2, 0.25) is 0 Å². The van der Waals surface area contributed by atoms with Crippen molar-refractivity contribution in [2.75, 3.05) is 13.1 Å². The highest BCUT2D eigenvalue weighted by Crippen LogP contribution is 2.21. The molecular formula is C12H12BrClFNO. The maximum atomic E-state index is 13.0. The number of benzene rings is 1. The molecule has 2 rings (SSSR count). The number of likely N-dealkylation sites (tertiary alicyclic amines) is 1. The van der Waals surface area contributed by atoms with Crippen molar-refractivity contribution in [1.82, 2.24) is 4.90 Å². The van der Waals surface area contributed by atoms with Crippen LogP contribution in [-0.4, -0.2) is 28.7 Å². The first-order chi connectivity index (χ1) is 8.08. The summed E-state index contributed by atoms with van der Waals surface area (Å²) < 4.78 is 13.0. The lowest BCUT2D eigenvalue weighted by atomic mass is 10.1. The minimum atomic E-state index is -0.498. The Kier molecular flexibility index (Phi) is 4.05. The predicted molar refractivity (Wildman–Crippen MR) is 69.3 cm³/mol. The second-order valence-electron chi connectivity index (χ2n) is 4.10. The van der Waals surface area contributed by atoms with E-state index in [2.05, 4.69) is 15.9 Å². The van der Waals surface area contributed by atoms with E-state index in [1.807, 2.05) is 0 Å². The lowest BCUT2D eigenvalue weighted by Gasteiger charge is -2.29. The summed E-state index contributed by atoms with van der Waals surface area (Å²) >= 11 is 9.20. The minimum absolute atomic E-state index is 0.00812. The Morgan fingerprint density at radius 3 is 2.65 bits per heavy atom. The molecule has 1 amide bonds. The van der Waals surface area contributed by atoms with E-state index >= 15 is 0 Å². The van der Waals surface area contributed by atoms with E-state index in [9.17, 15) is 9.18 Å². The number of halogens is 3. The van der Waals surface area contributed by atoms with Crippen LogP contribution in [0.2, 0.25) is 5.02 Å². The quantitative estimate of drug-likeness (QED) is 0.726. The van der Waals surface area contributed by atoms with Crippen LogP contribution >= 0.6 is 27.5 Å². The Morgan fingerprint density at radius 1 is 1.41 bits per heavy atom. The van der Waals surface area contributed by atoms with Gasteiger partial charge in [-0.25, -0.2) is 4.39 Å². The zero-order chi connectivity index (χ0) is 12.4. The molecule has 0 bridgehead atoms. The van der Waals surface area contributed by atoms with Gasteiger partial charge < -0.3 is 4.90 Å². The zero-order valence-corrected chi connectivity index (χ0v) is 11.5. The average Bonchev–Trinajstić information content (AvgIpc) is 2.33. The van der Waals surface area contributed by atoms with Crippen LogP contribution in [0.25, 0.3) is 0 Å². The van der Waals surface area contributed by atoms with E-state index in [4.69, 9.17) is 11.6 Å². The number of nitrogens with zero attached hydrogens (tertiary/aromatic N) is 1. The number of alkyl halides is 1. The normalized spacial score (nSPS) is 17.2. The highest BCUT2D eigenvalue weighted by atomic mass is 79.9. The van der Waals surface area contributed by atoms with Crippen LogP contribution in [-0.2, 0) is 0 Å². The highest BCUT2D eigenvalue weighted by Gasteiger charge is 2.22. The zero-order valence-electron chi connectivity index (χ0n) is 9.13. The van der Waals surface area contributed by atoms with Crippen LogP contribution in [0, 0.1) is 5.82 Å². The fraction of sp³-hybridized carbons (Fsp3) is 0.417. The molecular weight excluding hydrogens is 308 g/mol. The summed E-state index contributed by atoms with van der Waals surface area (Å²) in [7, 11) is 0. The number of hydrogen-bond donors (Lipinski definition) is 0. The average molecular weight is 321 g/mol. The van der Waals surface area contributed by atoms with Crippen LogP contribution in [0.15, 0.2) is 18.2 Å². The smallest absolute Gasteiger partial charge is 0.253 e. The van der Waals surface area contributed by atoms with E-state index in [1.54, 1.807) is 4.90 Å². The van der Waals surface area contributed by atoms with Crippen molar-refractivity contribution in [1.29, 1.82) is 0 Å². The number of carbonyl (C=O) groups excluding carboxylic acids is 1. The first-order valence-electron chi connectivity index (χ1n) is 5.46. The molecule has 1 saturated heterocycles. The van der Waals surface area contributed by atoms with Gasteiger partial charge in [0.25, 0.3) is 5.91 Å². The molecule has 1 aromatic carbocycles. The molecule has 17 heavy (non-hydrogen) atoms. The Hall–Kier alpha value is -0.610. The lowest BCUT2D eigenvalue weighted by Crippen LogP contribution is -2.38. The number of hydrogen-bond acceptors (Lipinski definition) is 1. The first kappa shape index (κ1) is 12.8. The molecule has 0 N–H and O–H groups in total. The van der Waals surface area contributed by atoms with Gasteiger partial charge >= 0.3 is 0 Å². The maximum absolute atomic E-state index is 13.0. The Balaban J connectivity index is 2.11. The molecule has 1 aliphatic heterocycles. The first-order valence-corrected chi connectivity index (χ1v) is 6.75. The molecule has 0 atom stereocenters. The molecule has 1 heterocycles. The second-order valence-corrected chi connectivity index (χ2v) is 5.80. The molecule has 1 fully saturated rings. The fourth-order valence-corrected chi connectivity index (χ4v) is 2.45. The molecule has 0 saturated carbocycles. The minimum Gasteiger partial charge on any atom is -0.339 e. The SMILES string of the molecule is O=C(c1ccc(F)c(Cl)c1)N1CCC(Br)CC1. The third-order valence-electron chi connectivity index (χ3n) is 2.88. The van der Waals surface area contributed by atoms with Gasteiger partial charge in [-0.15, -0.1) is 0 Å². The van der Waals surface area contributed by atoms with Crippen molar-refractivity contribution in [3.05, 3.63) is 34.6 Å². The fourth-order valence-electron chi connectivity index (χ4n) is 1.86. The Morgan fingerprint density at radius 2 is 2.06 bits per heavy atom. The number of rotatable bonds is 1. The molecule has 0 unspecified atom stereocenters. The van der Waals surface area contributed by atoms with Crippen LogP contribution in [0.5, 0.6) is 0 Å². The van der Waals surface area contributed by atoms with Crippen LogP contribution in [0.4, 0.5) is 4.39 Å². The van der Waals surface area contributed by atoms with Gasteiger partial charge in [0, 0.05) is 23.5 Å². The van der Waals surface area contributed by atoms with Crippen LogP contribution in [0.3, 0.4) is 0 Å². The van der Waals surface area contributed by atoms with Gasteiger partial charge in [0.1, 0.15) is 5.82 Å². The second kappa shape index (κ2) is 5.36. The lowest BCUT2D eigenvalue weighted by molar-refractivity contribution is 0.0728. The van der Waals surface area contributed by atoms with Crippen molar-refractivity contribution in [2.45, 2.75) is 17.7 Å². The van der Waals surface area contributed by atoms with Crippen LogP contribution in [0.1, 0.15) is 23.2 Å². The molecule has 0 spiro atoms. The molecule has 2 nitrogen and oxygen atoms in total. The van der Waals surface area contributed by atoms with E-state index < -0.39 is 5.82 Å². The summed E-state index contributed by atoms with van der Waals surface area (Å²) in [6, 6.07) is 4.09. The molecule has 1 aromatic rings. The summed E-state index contributed by atoms with van der Waals surface area (Å²) in [5, 5.41) is -0.00812. The summed E-state index contributed by atoms with van der Waals surface area (Å²) in [5.41, 5.74) is 0.449. The number of carbonyl (C=O) groups is 1. The van der Waals surface area contributed by atoms with Crippen molar-refractivity contribution in [3.63, 3.8) is 0 Å². The van der Waals surface area contributed by atoms with E-state index in [-0.39, 0.29) is 10.9 Å². The Bertz CT molecular complexity index is 433. The van der Waals surface area contributed by atoms with Crippen molar-refractivity contribution >= 4 is 33.4 Å². The maximum Gasteiger partial charge on any atom is 0.253 e. The molecule has 92 valence electrons. The topological polar surface area (TPSA) is 20.3 Å². The van der Waals surface area contributed by atoms with Crippen molar-refractivity contribution < 1.29 is 9.18 Å². The van der Waals surface area contributed by atoms with Gasteiger partial charge in [-0.3, -0.25) is 4.79 Å². The molecule has 0 aliphatic carbocycles. The van der Waals surface area contributed by atoms with Crippen molar-refractivity contribution in [3.8, 4) is 0 Å². The van der Waals surface area contributed by atoms with Crippen LogP contribution < -0.4 is 0 Å². The molecule has 0 aromatic heterocycles. The summed E-state index contributed by atoms with van der Waals surface area (Å²) in [6.45, 7) is 1.45. The third-order valence-corrected chi connectivity index (χ3v) is 4.08. The van der Waals surface area contributed by atoms with E-state index in [0.29, 0.717) is 10.4 Å². The van der Waals surface area contributed by atoms with Gasteiger partial charge in [-0.05, 0) is 31.0 Å². The molecule has 5 heteroatoms. The van der Waals surface area contributed by atoms with Crippen molar-refractivity contribution in [2.24, 2.45) is 0 Å². The molecule has 0 radical (unpaired) electrons. The van der Waals surface area contributed by atoms with Gasteiger partial charge in [-0.2, -0.15) is 0 Å². The summed E-state index contributed by atoms with van der Waals surface area (Å²) in [5.74, 6) is -0.575. The Labute approximate surface area is 113 Å². The summed E-state index contributed by atoms with van der Waals surface area (Å²) in [6.07, 6.45) is 1.89. The monoisotopic (exact) mass is 319 g/mol.